The average Bonchev–Trinajstić information content (AvgIpc) is 3.39. The van der Waals surface area contributed by atoms with Crippen molar-refractivity contribution in [3.63, 3.8) is 0 Å². The van der Waals surface area contributed by atoms with Gasteiger partial charge in [-0.3, -0.25) is 0 Å². The summed E-state index contributed by atoms with van der Waals surface area (Å²) in [5.41, 5.74) is 9.98. The summed E-state index contributed by atoms with van der Waals surface area (Å²) in [7, 11) is 0. The molecule has 0 saturated heterocycles. The van der Waals surface area contributed by atoms with Crippen molar-refractivity contribution in [1.82, 2.24) is 4.98 Å². The fourth-order valence-electron chi connectivity index (χ4n) is 5.88. The number of rotatable bonds is 2. The Hall–Kier alpha value is -4.10. The second-order valence-corrected chi connectivity index (χ2v) is 8.61. The van der Waals surface area contributed by atoms with Crippen molar-refractivity contribution in [2.75, 3.05) is 0 Å². The van der Waals surface area contributed by atoms with E-state index in [0.717, 1.165) is 0 Å². The standard InChI is InChI=1S/C31H21N/c1-3-11-21(12-4-1)31(22-13-5-2-6-14-22)26-17-9-7-15-23(26)24-19-20-28-29(30(24)31)25-16-8-10-18-27(25)32-28/h1-20,32H. The number of hydrogen-bond donors (Lipinski definition) is 1. The highest BCUT2D eigenvalue weighted by Gasteiger charge is 2.47. The Bertz CT molecular complexity index is 1570. The van der Waals surface area contributed by atoms with Gasteiger partial charge in [0.25, 0.3) is 0 Å². The lowest BCUT2D eigenvalue weighted by molar-refractivity contribution is 0.776. The maximum Gasteiger partial charge on any atom is 0.0720 e. The van der Waals surface area contributed by atoms with Crippen LogP contribution >= 0.6 is 0 Å². The molecule has 0 atom stereocenters. The van der Waals surface area contributed by atoms with Crippen LogP contribution in [0.25, 0.3) is 32.9 Å². The Kier molecular flexibility index (Phi) is 3.54. The minimum atomic E-state index is -0.376. The highest BCUT2D eigenvalue weighted by molar-refractivity contribution is 6.13. The molecule has 1 nitrogen and oxygen atoms in total. The van der Waals surface area contributed by atoms with Crippen molar-refractivity contribution in [3.8, 4) is 11.1 Å². The number of aromatic nitrogens is 1. The van der Waals surface area contributed by atoms with Crippen LogP contribution in [0.1, 0.15) is 22.3 Å². The molecule has 5 aromatic carbocycles. The third-order valence-electron chi connectivity index (χ3n) is 7.08. The molecule has 1 heteroatoms. The molecule has 1 aliphatic carbocycles. The van der Waals surface area contributed by atoms with Crippen LogP contribution in [0.4, 0.5) is 0 Å². The summed E-state index contributed by atoms with van der Waals surface area (Å²) in [6.07, 6.45) is 0. The Balaban J connectivity index is 1.77. The SMILES string of the molecule is c1ccc(C2(c3ccccc3)c3ccccc3-c3ccc4[nH]c5ccccc5c4c32)cc1. The highest BCUT2D eigenvalue weighted by Crippen LogP contribution is 2.58. The van der Waals surface area contributed by atoms with Crippen molar-refractivity contribution in [2.45, 2.75) is 5.41 Å². The first-order chi connectivity index (χ1) is 15.9. The largest absolute Gasteiger partial charge is 0.355 e. The van der Waals surface area contributed by atoms with Gasteiger partial charge in [-0.15, -0.1) is 0 Å². The lowest BCUT2D eigenvalue weighted by atomic mass is 9.67. The van der Waals surface area contributed by atoms with Crippen LogP contribution in [0.15, 0.2) is 121 Å². The van der Waals surface area contributed by atoms with Crippen molar-refractivity contribution >= 4 is 21.8 Å². The lowest BCUT2D eigenvalue weighted by Crippen LogP contribution is -2.28. The number of fused-ring (bicyclic) bond motifs is 7. The van der Waals surface area contributed by atoms with E-state index in [0.29, 0.717) is 0 Å². The van der Waals surface area contributed by atoms with Gasteiger partial charge in [0.05, 0.1) is 5.41 Å². The summed E-state index contributed by atoms with van der Waals surface area (Å²) < 4.78 is 0. The van der Waals surface area contributed by atoms with Gasteiger partial charge in [-0.05, 0) is 45.5 Å². The zero-order chi connectivity index (χ0) is 21.1. The summed E-state index contributed by atoms with van der Waals surface area (Å²) in [5.74, 6) is 0. The van der Waals surface area contributed by atoms with Gasteiger partial charge < -0.3 is 4.98 Å². The maximum atomic E-state index is 3.68. The fourth-order valence-corrected chi connectivity index (χ4v) is 5.88. The second-order valence-electron chi connectivity index (χ2n) is 8.61. The molecule has 150 valence electrons. The van der Waals surface area contributed by atoms with Gasteiger partial charge in [-0.1, -0.05) is 109 Å². The van der Waals surface area contributed by atoms with Gasteiger partial charge >= 0.3 is 0 Å². The van der Waals surface area contributed by atoms with Crippen LogP contribution in [-0.4, -0.2) is 4.98 Å². The van der Waals surface area contributed by atoms with Gasteiger partial charge in [-0.25, -0.2) is 0 Å². The molecule has 0 fully saturated rings. The molecule has 6 aromatic rings. The lowest BCUT2D eigenvalue weighted by Gasteiger charge is -2.34. The number of nitrogens with one attached hydrogen (secondary N) is 1. The summed E-state index contributed by atoms with van der Waals surface area (Å²) in [4.78, 5) is 3.68. The fraction of sp³-hybridized carbons (Fsp3) is 0.0323. The van der Waals surface area contributed by atoms with E-state index in [-0.39, 0.29) is 5.41 Å². The molecule has 32 heavy (non-hydrogen) atoms. The average molecular weight is 408 g/mol. The first-order valence-electron chi connectivity index (χ1n) is 11.1. The number of H-pyrrole nitrogens is 1. The highest BCUT2D eigenvalue weighted by atomic mass is 14.7. The quantitative estimate of drug-likeness (QED) is 0.302. The van der Waals surface area contributed by atoms with E-state index in [2.05, 4.69) is 126 Å². The molecule has 0 bridgehead atoms. The number of benzene rings is 5. The van der Waals surface area contributed by atoms with E-state index in [1.54, 1.807) is 0 Å². The summed E-state index contributed by atoms with van der Waals surface area (Å²) in [6.45, 7) is 0. The van der Waals surface area contributed by atoms with E-state index >= 15 is 0 Å². The van der Waals surface area contributed by atoms with Crippen LogP contribution in [0.3, 0.4) is 0 Å². The zero-order valence-electron chi connectivity index (χ0n) is 17.5. The minimum absolute atomic E-state index is 0.376. The van der Waals surface area contributed by atoms with Crippen LogP contribution < -0.4 is 0 Å². The summed E-state index contributed by atoms with van der Waals surface area (Å²) >= 11 is 0. The number of para-hydroxylation sites is 1. The van der Waals surface area contributed by atoms with Crippen LogP contribution in [0, 0.1) is 0 Å². The van der Waals surface area contributed by atoms with Crippen molar-refractivity contribution in [3.05, 3.63) is 144 Å². The minimum Gasteiger partial charge on any atom is -0.355 e. The summed E-state index contributed by atoms with van der Waals surface area (Å²) in [5, 5.41) is 2.60. The van der Waals surface area contributed by atoms with Gasteiger partial charge in [0.2, 0.25) is 0 Å². The molecule has 0 unspecified atom stereocenters. The summed E-state index contributed by atoms with van der Waals surface area (Å²) in [6, 6.07) is 44.2. The molecule has 0 aliphatic heterocycles. The van der Waals surface area contributed by atoms with Gasteiger partial charge in [0.15, 0.2) is 0 Å². The van der Waals surface area contributed by atoms with Gasteiger partial charge in [0.1, 0.15) is 0 Å². The smallest absolute Gasteiger partial charge is 0.0720 e. The third kappa shape index (κ3) is 2.13. The molecule has 1 heterocycles. The van der Waals surface area contributed by atoms with E-state index in [1.165, 1.54) is 55.2 Å². The van der Waals surface area contributed by atoms with E-state index in [1.807, 2.05) is 0 Å². The number of aromatic amines is 1. The Labute approximate surface area is 187 Å². The van der Waals surface area contributed by atoms with E-state index in [4.69, 9.17) is 0 Å². The monoisotopic (exact) mass is 407 g/mol. The molecule has 1 aliphatic rings. The second kappa shape index (κ2) is 6.45. The third-order valence-corrected chi connectivity index (χ3v) is 7.08. The molecule has 1 N–H and O–H groups in total. The molecule has 0 spiro atoms. The zero-order valence-corrected chi connectivity index (χ0v) is 17.5. The predicted molar refractivity (Wildman–Crippen MR) is 133 cm³/mol. The van der Waals surface area contributed by atoms with Crippen LogP contribution in [0.5, 0.6) is 0 Å². The van der Waals surface area contributed by atoms with Crippen molar-refractivity contribution in [1.29, 1.82) is 0 Å². The molecule has 1 aromatic heterocycles. The normalized spacial score (nSPS) is 13.9. The Morgan fingerprint density at radius 3 is 1.84 bits per heavy atom. The molecule has 0 saturated carbocycles. The van der Waals surface area contributed by atoms with Gasteiger partial charge in [0, 0.05) is 21.8 Å². The molecule has 0 amide bonds. The Morgan fingerprint density at radius 1 is 0.469 bits per heavy atom. The number of hydrogen-bond acceptors (Lipinski definition) is 0. The van der Waals surface area contributed by atoms with E-state index < -0.39 is 0 Å². The maximum absolute atomic E-state index is 3.68. The van der Waals surface area contributed by atoms with E-state index in [9.17, 15) is 0 Å². The van der Waals surface area contributed by atoms with Crippen molar-refractivity contribution < 1.29 is 0 Å². The first kappa shape index (κ1) is 17.6. The molecular weight excluding hydrogens is 386 g/mol. The first-order valence-corrected chi connectivity index (χ1v) is 11.1. The van der Waals surface area contributed by atoms with Crippen molar-refractivity contribution in [2.24, 2.45) is 0 Å². The predicted octanol–water partition coefficient (Wildman–Crippen LogP) is 7.68. The van der Waals surface area contributed by atoms with Crippen LogP contribution in [-0.2, 0) is 5.41 Å². The van der Waals surface area contributed by atoms with Crippen LogP contribution in [0.2, 0.25) is 0 Å². The molecular formula is C31H21N. The van der Waals surface area contributed by atoms with Gasteiger partial charge in [-0.2, -0.15) is 0 Å². The Morgan fingerprint density at radius 2 is 1.09 bits per heavy atom. The molecule has 0 radical (unpaired) electrons. The molecule has 7 rings (SSSR count). The topological polar surface area (TPSA) is 15.8 Å².